The molecule has 0 atom stereocenters. The van der Waals surface area contributed by atoms with E-state index in [4.69, 9.17) is 0 Å². The Morgan fingerprint density at radius 1 is 0.810 bits per heavy atom. The highest BCUT2D eigenvalue weighted by Crippen LogP contribution is 2.37. The maximum absolute atomic E-state index is 11.3. The van der Waals surface area contributed by atoms with Crippen molar-refractivity contribution in [3.63, 3.8) is 0 Å². The van der Waals surface area contributed by atoms with Crippen LogP contribution in [0, 0.1) is 20.2 Å². The quantitative estimate of drug-likeness (QED) is 0.543. The number of nitrogens with zero attached hydrogens (tertiary/aromatic N) is 3. The molecule has 0 aliphatic heterocycles. The predicted molar refractivity (Wildman–Crippen MR) is 76.6 cm³/mol. The zero-order chi connectivity index (χ0) is 15.0. The lowest BCUT2D eigenvalue weighted by Crippen LogP contribution is -2.01. The lowest BCUT2D eigenvalue weighted by Gasteiger charge is -2.09. The summed E-state index contributed by atoms with van der Waals surface area (Å²) in [6.45, 7) is 0. The number of fused-ring (bicyclic) bond motifs is 1. The Hall–Kier alpha value is -3.22. The number of rotatable bonds is 3. The lowest BCUT2D eigenvalue weighted by molar-refractivity contribution is -0.392. The summed E-state index contributed by atoms with van der Waals surface area (Å²) in [5, 5.41) is 23.3. The van der Waals surface area contributed by atoms with Crippen LogP contribution in [0.3, 0.4) is 0 Å². The fourth-order valence-corrected chi connectivity index (χ4v) is 2.37. The predicted octanol–water partition coefficient (Wildman–Crippen LogP) is 3.45. The van der Waals surface area contributed by atoms with E-state index in [2.05, 4.69) is 0 Å². The molecule has 0 spiro atoms. The van der Waals surface area contributed by atoms with Gasteiger partial charge >= 0.3 is 5.69 Å². The van der Waals surface area contributed by atoms with Crippen LogP contribution in [-0.4, -0.2) is 14.4 Å². The van der Waals surface area contributed by atoms with Crippen LogP contribution in [0.25, 0.3) is 16.5 Å². The van der Waals surface area contributed by atoms with Gasteiger partial charge in [-0.15, -0.1) is 0 Å². The van der Waals surface area contributed by atoms with Gasteiger partial charge in [0, 0.05) is 17.8 Å². The second-order valence-corrected chi connectivity index (χ2v) is 4.41. The Labute approximate surface area is 118 Å². The van der Waals surface area contributed by atoms with E-state index < -0.39 is 9.85 Å². The first-order valence-electron chi connectivity index (χ1n) is 6.07. The van der Waals surface area contributed by atoms with Crippen molar-refractivity contribution in [2.24, 2.45) is 0 Å². The smallest absolute Gasteiger partial charge is 0.300 e. The third-order valence-corrected chi connectivity index (χ3v) is 3.23. The zero-order valence-electron chi connectivity index (χ0n) is 10.7. The average molecular weight is 283 g/mol. The molecule has 3 rings (SSSR count). The summed E-state index contributed by atoms with van der Waals surface area (Å²) >= 11 is 0. The molecule has 0 radical (unpaired) electrons. The third kappa shape index (κ3) is 2.00. The topological polar surface area (TPSA) is 91.2 Å². The standard InChI is InChI=1S/C14H9N3O4/c18-16(19)12-9-13(17(20)21)14(15-7-3-4-8-15)11-6-2-1-5-10(11)12/h1-9H. The summed E-state index contributed by atoms with van der Waals surface area (Å²) in [6.07, 6.45) is 3.33. The van der Waals surface area contributed by atoms with Crippen LogP contribution in [0.15, 0.2) is 54.9 Å². The van der Waals surface area contributed by atoms with Crippen molar-refractivity contribution >= 4 is 22.1 Å². The Balaban J connectivity index is 2.50. The van der Waals surface area contributed by atoms with Crippen LogP contribution in [0.4, 0.5) is 11.4 Å². The third-order valence-electron chi connectivity index (χ3n) is 3.23. The first-order chi connectivity index (χ1) is 10.1. The molecular formula is C14H9N3O4. The minimum atomic E-state index is -0.602. The van der Waals surface area contributed by atoms with Crippen LogP contribution >= 0.6 is 0 Å². The van der Waals surface area contributed by atoms with E-state index in [1.807, 2.05) is 0 Å². The van der Waals surface area contributed by atoms with Crippen molar-refractivity contribution in [1.82, 2.24) is 4.57 Å². The molecule has 7 heteroatoms. The highest BCUT2D eigenvalue weighted by Gasteiger charge is 2.25. The van der Waals surface area contributed by atoms with Gasteiger partial charge in [0.15, 0.2) is 0 Å². The van der Waals surface area contributed by atoms with Crippen LogP contribution in [0.5, 0.6) is 0 Å². The molecule has 1 heterocycles. The van der Waals surface area contributed by atoms with E-state index in [9.17, 15) is 20.2 Å². The highest BCUT2D eigenvalue weighted by atomic mass is 16.6. The SMILES string of the molecule is O=[N+]([O-])c1cc([N+](=O)[O-])c2ccccc2c1-n1cccc1. The van der Waals surface area contributed by atoms with E-state index in [0.29, 0.717) is 16.5 Å². The van der Waals surface area contributed by atoms with Gasteiger partial charge in [0.05, 0.1) is 21.3 Å². The Morgan fingerprint density at radius 3 is 1.95 bits per heavy atom. The van der Waals surface area contributed by atoms with E-state index in [0.717, 1.165) is 6.07 Å². The van der Waals surface area contributed by atoms with Crippen molar-refractivity contribution < 1.29 is 9.85 Å². The molecule has 2 aromatic carbocycles. The van der Waals surface area contributed by atoms with Gasteiger partial charge < -0.3 is 4.57 Å². The molecule has 0 unspecified atom stereocenters. The van der Waals surface area contributed by atoms with Gasteiger partial charge in [-0.05, 0) is 18.2 Å². The summed E-state index contributed by atoms with van der Waals surface area (Å²) in [4.78, 5) is 21.3. The van der Waals surface area contributed by atoms with Crippen molar-refractivity contribution in [1.29, 1.82) is 0 Å². The molecule has 0 aliphatic carbocycles. The largest absolute Gasteiger partial charge is 0.318 e. The van der Waals surface area contributed by atoms with Crippen LogP contribution < -0.4 is 0 Å². The number of hydrogen-bond donors (Lipinski definition) is 0. The summed E-state index contributed by atoms with van der Waals surface area (Å²) in [5.74, 6) is 0. The monoisotopic (exact) mass is 283 g/mol. The number of non-ortho nitro benzene ring substituents is 1. The molecule has 21 heavy (non-hydrogen) atoms. The maximum atomic E-state index is 11.3. The van der Waals surface area contributed by atoms with Gasteiger partial charge in [-0.3, -0.25) is 20.2 Å². The first kappa shape index (κ1) is 12.8. The van der Waals surface area contributed by atoms with E-state index in [1.54, 1.807) is 53.4 Å². The number of aromatic nitrogens is 1. The normalized spacial score (nSPS) is 10.7. The van der Waals surface area contributed by atoms with E-state index in [-0.39, 0.29) is 11.4 Å². The molecule has 0 fully saturated rings. The second-order valence-electron chi connectivity index (χ2n) is 4.41. The molecule has 3 aromatic rings. The highest BCUT2D eigenvalue weighted by molar-refractivity contribution is 6.00. The minimum Gasteiger partial charge on any atom is -0.318 e. The fraction of sp³-hybridized carbons (Fsp3) is 0. The molecule has 1 aromatic heterocycles. The number of nitro benzene ring substituents is 2. The van der Waals surface area contributed by atoms with Crippen molar-refractivity contribution in [3.8, 4) is 5.69 Å². The Morgan fingerprint density at radius 2 is 1.38 bits per heavy atom. The number of hydrogen-bond acceptors (Lipinski definition) is 4. The van der Waals surface area contributed by atoms with Gasteiger partial charge in [-0.1, -0.05) is 18.2 Å². The molecule has 0 N–H and O–H groups in total. The molecule has 0 saturated heterocycles. The number of nitro groups is 2. The van der Waals surface area contributed by atoms with Crippen LogP contribution in [0.1, 0.15) is 0 Å². The minimum absolute atomic E-state index is 0.270. The van der Waals surface area contributed by atoms with Crippen molar-refractivity contribution in [3.05, 3.63) is 75.1 Å². The molecule has 0 amide bonds. The Bertz CT molecular complexity index is 856. The van der Waals surface area contributed by atoms with Crippen LogP contribution in [0.2, 0.25) is 0 Å². The molecule has 104 valence electrons. The lowest BCUT2D eigenvalue weighted by atomic mass is 10.0. The molecule has 0 saturated carbocycles. The summed E-state index contributed by atoms with van der Waals surface area (Å²) in [5.41, 5.74) is -0.240. The van der Waals surface area contributed by atoms with E-state index >= 15 is 0 Å². The zero-order valence-corrected chi connectivity index (χ0v) is 10.7. The van der Waals surface area contributed by atoms with Crippen molar-refractivity contribution in [2.75, 3.05) is 0 Å². The van der Waals surface area contributed by atoms with Gasteiger partial charge in [-0.25, -0.2) is 0 Å². The second kappa shape index (κ2) is 4.71. The van der Waals surface area contributed by atoms with Crippen LogP contribution in [-0.2, 0) is 0 Å². The summed E-state index contributed by atoms with van der Waals surface area (Å²) in [6, 6.07) is 11.1. The summed E-state index contributed by atoms with van der Waals surface area (Å²) < 4.78 is 1.59. The number of benzene rings is 2. The van der Waals surface area contributed by atoms with Gasteiger partial charge in [0.2, 0.25) is 0 Å². The first-order valence-corrected chi connectivity index (χ1v) is 6.07. The van der Waals surface area contributed by atoms with Crippen molar-refractivity contribution in [2.45, 2.75) is 0 Å². The van der Waals surface area contributed by atoms with E-state index in [1.165, 1.54) is 0 Å². The summed E-state index contributed by atoms with van der Waals surface area (Å²) in [7, 11) is 0. The molecule has 0 bridgehead atoms. The Kier molecular flexibility index (Phi) is 2.87. The molecular weight excluding hydrogens is 274 g/mol. The average Bonchev–Trinajstić information content (AvgIpc) is 2.98. The van der Waals surface area contributed by atoms with Gasteiger partial charge in [-0.2, -0.15) is 0 Å². The van der Waals surface area contributed by atoms with Gasteiger partial charge in [0.25, 0.3) is 5.69 Å². The van der Waals surface area contributed by atoms with Gasteiger partial charge in [0.1, 0.15) is 5.69 Å². The molecule has 0 aliphatic rings. The fourth-order valence-electron chi connectivity index (χ4n) is 2.37. The maximum Gasteiger partial charge on any atom is 0.300 e. The molecule has 7 nitrogen and oxygen atoms in total.